The van der Waals surface area contributed by atoms with Crippen LogP contribution in [0.1, 0.15) is 74.8 Å². The van der Waals surface area contributed by atoms with Gasteiger partial charge in [-0.25, -0.2) is 8.42 Å². The largest absolute Gasteiger partial charge is 0.497 e. The van der Waals surface area contributed by atoms with Crippen molar-refractivity contribution in [1.29, 1.82) is 0 Å². The molecule has 1 saturated carbocycles. The summed E-state index contributed by atoms with van der Waals surface area (Å²) in [5, 5.41) is 2.12. The summed E-state index contributed by atoms with van der Waals surface area (Å²) in [6.07, 6.45) is 10.8. The molecule has 2 heterocycles. The third kappa shape index (κ3) is 7.01. The van der Waals surface area contributed by atoms with Gasteiger partial charge >= 0.3 is 0 Å². The fourth-order valence-corrected chi connectivity index (χ4v) is 13.4. The maximum atomic E-state index is 13.4. The van der Waals surface area contributed by atoms with Gasteiger partial charge in [-0.3, -0.25) is 0 Å². The lowest BCUT2D eigenvalue weighted by Crippen LogP contribution is -2.44. The molecule has 7 nitrogen and oxygen atoms in total. The second-order valence-electron chi connectivity index (χ2n) is 19.8. The van der Waals surface area contributed by atoms with Crippen LogP contribution in [-0.2, 0) is 25.6 Å². The highest BCUT2D eigenvalue weighted by atomic mass is 32.2. The first-order valence-corrected chi connectivity index (χ1v) is 25.4. The van der Waals surface area contributed by atoms with E-state index in [4.69, 9.17) is 18.9 Å². The van der Waals surface area contributed by atoms with Gasteiger partial charge in [0.05, 0.1) is 32.3 Å². The molecule has 0 N–H and O–H groups in total. The summed E-state index contributed by atoms with van der Waals surface area (Å²) in [4.78, 5) is 3.91. The van der Waals surface area contributed by atoms with Crippen LogP contribution in [0.25, 0.3) is 39.1 Å². The summed E-state index contributed by atoms with van der Waals surface area (Å²) >= 11 is 1.75. The van der Waals surface area contributed by atoms with E-state index in [-0.39, 0.29) is 10.8 Å². The molecule has 0 aromatic heterocycles. The Morgan fingerprint density at radius 1 is 0.703 bits per heavy atom. The first-order valence-electron chi connectivity index (χ1n) is 22.3. The molecule has 330 valence electrons. The minimum atomic E-state index is -3.50. The van der Waals surface area contributed by atoms with E-state index in [0.29, 0.717) is 4.90 Å². The third-order valence-corrected chi connectivity index (χ3v) is 16.0. The summed E-state index contributed by atoms with van der Waals surface area (Å²) in [5.74, 6) is 2.35. The van der Waals surface area contributed by atoms with Crippen molar-refractivity contribution in [3.05, 3.63) is 137 Å². The summed E-state index contributed by atoms with van der Waals surface area (Å²) in [6, 6.07) is 35.9. The maximum Gasteiger partial charge on any atom is 0.178 e. The number of fused-ring (bicyclic) bond motifs is 10. The van der Waals surface area contributed by atoms with E-state index in [2.05, 4.69) is 118 Å². The molecular weight excluding hydrogens is 835 g/mol. The van der Waals surface area contributed by atoms with Crippen LogP contribution < -0.4 is 19.1 Å². The monoisotopic (exact) mass is 891 g/mol. The summed E-state index contributed by atoms with van der Waals surface area (Å²) < 4.78 is 51.6. The molecule has 64 heavy (non-hydrogen) atoms. The molecule has 6 aromatic carbocycles. The van der Waals surface area contributed by atoms with Crippen molar-refractivity contribution < 1.29 is 27.4 Å². The molecule has 10 rings (SSSR count). The molecule has 2 fully saturated rings. The van der Waals surface area contributed by atoms with Gasteiger partial charge in [-0.05, 0) is 142 Å². The Morgan fingerprint density at radius 2 is 1.31 bits per heavy atom. The lowest BCUT2D eigenvalue weighted by atomic mass is 9.52. The first-order chi connectivity index (χ1) is 30.6. The number of morpholine rings is 1. The zero-order chi connectivity index (χ0) is 44.8. The number of methoxy groups -OCH3 is 2. The van der Waals surface area contributed by atoms with Gasteiger partial charge in [-0.2, -0.15) is 0 Å². The van der Waals surface area contributed by atoms with Gasteiger partial charge in [-0.1, -0.05) is 76.2 Å². The molecule has 0 bridgehead atoms. The fourth-order valence-electron chi connectivity index (χ4n) is 12.2. The number of nitrogens with zero attached hydrogens (tertiary/aromatic N) is 1. The van der Waals surface area contributed by atoms with Gasteiger partial charge in [0, 0.05) is 57.4 Å². The normalized spacial score (nSPS) is 18.8. The predicted molar refractivity (Wildman–Crippen MR) is 261 cm³/mol. The Kier molecular flexibility index (Phi) is 10.3. The van der Waals surface area contributed by atoms with Crippen molar-refractivity contribution in [3.63, 3.8) is 0 Å². The van der Waals surface area contributed by atoms with E-state index in [1.54, 1.807) is 26.0 Å². The number of sulfone groups is 1. The quantitative estimate of drug-likeness (QED) is 0.140. The summed E-state index contributed by atoms with van der Waals surface area (Å²) in [7, 11) is -0.126. The Balaban J connectivity index is 1.30. The SMILES string of the molecule is COc1ccc(C2(c3ccc(OC)cc3)C=Cc3c4c(c5cc(SC)c(-c6ccc(N7CCOCC7)cc6)cc5c3O2)-c2ccc(S(C)(=O)=O)cc2C42CC(C)(C)CC(C)(C)C2)cc1. The maximum absolute atomic E-state index is 13.4. The number of hydrogen-bond donors (Lipinski definition) is 0. The van der Waals surface area contributed by atoms with Gasteiger partial charge in [-0.15, -0.1) is 11.8 Å². The van der Waals surface area contributed by atoms with E-state index >= 15 is 0 Å². The number of ether oxygens (including phenoxy) is 4. The van der Waals surface area contributed by atoms with Crippen LogP contribution >= 0.6 is 11.8 Å². The molecule has 0 amide bonds. The minimum absolute atomic E-state index is 0.0412. The van der Waals surface area contributed by atoms with Crippen molar-refractivity contribution in [1.82, 2.24) is 0 Å². The molecule has 6 aromatic rings. The molecule has 0 radical (unpaired) electrons. The standard InChI is InChI=1S/C55H57NO6S2/c1-52(2)32-53(3,4)34-54(33-52)47-29-41(64(8,57)58)21-22-42(47)49-45-31-48(63-7)44(35-9-15-38(16-10-35)56-25-27-61-28-26-56)30-46(45)51-43(50(49)54)23-24-55(62-51,36-11-17-39(59-5)18-12-36)37-13-19-40(60-6)20-14-37/h9-24,29-31H,25-28,32-34H2,1-8H3. The van der Waals surface area contributed by atoms with Gasteiger partial charge in [0.2, 0.25) is 0 Å². The number of rotatable bonds is 8. The van der Waals surface area contributed by atoms with Gasteiger partial charge < -0.3 is 23.8 Å². The second kappa shape index (κ2) is 15.5. The van der Waals surface area contributed by atoms with E-state index in [1.165, 1.54) is 23.1 Å². The zero-order valence-electron chi connectivity index (χ0n) is 38.1. The van der Waals surface area contributed by atoms with Crippen molar-refractivity contribution in [2.45, 2.75) is 67.8 Å². The molecule has 4 aliphatic rings. The minimum Gasteiger partial charge on any atom is -0.497 e. The van der Waals surface area contributed by atoms with Gasteiger partial charge in [0.25, 0.3) is 0 Å². The smallest absolute Gasteiger partial charge is 0.178 e. The Bertz CT molecular complexity index is 2880. The highest BCUT2D eigenvalue weighted by Crippen LogP contribution is 2.67. The third-order valence-electron chi connectivity index (χ3n) is 14.2. The van der Waals surface area contributed by atoms with Gasteiger partial charge in [0.15, 0.2) is 15.4 Å². The number of thioether (sulfide) groups is 1. The van der Waals surface area contributed by atoms with E-state index in [0.717, 1.165) is 117 Å². The van der Waals surface area contributed by atoms with Crippen molar-refractivity contribution in [2.24, 2.45) is 10.8 Å². The average molecular weight is 892 g/mol. The van der Waals surface area contributed by atoms with Crippen LogP contribution in [0.2, 0.25) is 0 Å². The topological polar surface area (TPSA) is 74.3 Å². The van der Waals surface area contributed by atoms with Crippen LogP contribution in [0, 0.1) is 10.8 Å². The van der Waals surface area contributed by atoms with Crippen LogP contribution in [0.5, 0.6) is 17.2 Å². The van der Waals surface area contributed by atoms with Crippen LogP contribution in [-0.4, -0.2) is 61.5 Å². The Hall–Kier alpha value is -5.22. The Labute approximate surface area is 382 Å². The summed E-state index contributed by atoms with van der Waals surface area (Å²) in [6.45, 7) is 12.7. The lowest BCUT2D eigenvalue weighted by molar-refractivity contribution is 0.0641. The van der Waals surface area contributed by atoms with Crippen molar-refractivity contribution in [3.8, 4) is 39.5 Å². The Morgan fingerprint density at radius 3 is 1.88 bits per heavy atom. The molecule has 9 heteroatoms. The van der Waals surface area contributed by atoms with Crippen molar-refractivity contribution in [2.75, 3.05) is 57.9 Å². The second-order valence-corrected chi connectivity index (χ2v) is 22.6. The number of anilines is 1. The molecule has 1 spiro atoms. The molecular formula is C55H57NO6S2. The predicted octanol–water partition coefficient (Wildman–Crippen LogP) is 12.3. The number of benzene rings is 6. The molecule has 2 aliphatic carbocycles. The van der Waals surface area contributed by atoms with E-state index in [9.17, 15) is 8.42 Å². The van der Waals surface area contributed by atoms with E-state index < -0.39 is 20.9 Å². The zero-order valence-corrected chi connectivity index (χ0v) is 39.8. The van der Waals surface area contributed by atoms with Gasteiger partial charge in [0.1, 0.15) is 17.2 Å². The molecule has 2 aliphatic heterocycles. The highest BCUT2D eigenvalue weighted by Gasteiger charge is 2.56. The van der Waals surface area contributed by atoms with Crippen LogP contribution in [0.15, 0.2) is 119 Å². The lowest BCUT2D eigenvalue weighted by Gasteiger charge is -2.52. The fraction of sp³-hybridized carbons (Fsp3) is 0.345. The number of hydrogen-bond acceptors (Lipinski definition) is 8. The average Bonchev–Trinajstić information content (AvgIpc) is 3.55. The van der Waals surface area contributed by atoms with Crippen molar-refractivity contribution >= 4 is 44.1 Å². The summed E-state index contributed by atoms with van der Waals surface area (Å²) in [5.41, 5.74) is 9.47. The molecule has 0 atom stereocenters. The van der Waals surface area contributed by atoms with E-state index in [1.807, 2.05) is 36.4 Å². The molecule has 0 unspecified atom stereocenters. The first kappa shape index (κ1) is 42.7. The highest BCUT2D eigenvalue weighted by molar-refractivity contribution is 7.98. The van der Waals surface area contributed by atoms with Crippen LogP contribution in [0.3, 0.4) is 0 Å². The molecule has 1 saturated heterocycles. The van der Waals surface area contributed by atoms with Crippen LogP contribution in [0.4, 0.5) is 5.69 Å².